The Morgan fingerprint density at radius 1 is 1.32 bits per heavy atom. The minimum absolute atomic E-state index is 0.198. The third kappa shape index (κ3) is 2.98. The van der Waals surface area contributed by atoms with E-state index in [1.165, 1.54) is 24.0 Å². The number of aryl methyl sites for hydroxylation is 1. The summed E-state index contributed by atoms with van der Waals surface area (Å²) in [6.45, 7) is 1.86. The molecule has 0 saturated carbocycles. The monoisotopic (exact) mass is 258 g/mol. The van der Waals surface area contributed by atoms with E-state index in [2.05, 4.69) is 34.9 Å². The predicted octanol–water partition coefficient (Wildman–Crippen LogP) is 1.97. The van der Waals surface area contributed by atoms with Gasteiger partial charge in [0.2, 0.25) is 5.91 Å². The van der Waals surface area contributed by atoms with Crippen molar-refractivity contribution in [2.75, 3.05) is 13.1 Å². The molecule has 0 radical (unpaired) electrons. The lowest BCUT2D eigenvalue weighted by Crippen LogP contribution is -2.33. The lowest BCUT2D eigenvalue weighted by molar-refractivity contribution is -0.121. The Morgan fingerprint density at radius 2 is 2.21 bits per heavy atom. The van der Waals surface area contributed by atoms with Crippen LogP contribution in [0.5, 0.6) is 0 Å². The number of carbonyl (C=O) groups is 1. The summed E-state index contributed by atoms with van der Waals surface area (Å²) in [6.07, 6.45) is 5.30. The molecule has 3 heteroatoms. The normalized spacial score (nSPS) is 25.3. The van der Waals surface area contributed by atoms with Gasteiger partial charge in [-0.05, 0) is 43.4 Å². The van der Waals surface area contributed by atoms with Gasteiger partial charge < -0.3 is 10.6 Å². The van der Waals surface area contributed by atoms with E-state index in [0.29, 0.717) is 18.4 Å². The molecule has 1 fully saturated rings. The number of hydrogen-bond donors (Lipinski definition) is 2. The van der Waals surface area contributed by atoms with Crippen LogP contribution in [0.25, 0.3) is 0 Å². The van der Waals surface area contributed by atoms with Crippen LogP contribution >= 0.6 is 0 Å². The molecule has 1 heterocycles. The third-order valence-electron chi connectivity index (χ3n) is 4.40. The molecule has 0 bridgehead atoms. The van der Waals surface area contributed by atoms with Gasteiger partial charge in [-0.3, -0.25) is 4.79 Å². The molecule has 0 spiro atoms. The number of rotatable bonds is 4. The molecule has 3 rings (SSSR count). The topological polar surface area (TPSA) is 41.1 Å². The lowest BCUT2D eigenvalue weighted by atomic mass is 10.0. The van der Waals surface area contributed by atoms with Crippen LogP contribution in [-0.2, 0) is 11.2 Å². The van der Waals surface area contributed by atoms with Crippen molar-refractivity contribution in [3.8, 4) is 0 Å². The van der Waals surface area contributed by atoms with Gasteiger partial charge in [0.15, 0.2) is 0 Å². The van der Waals surface area contributed by atoms with E-state index >= 15 is 0 Å². The first-order valence-corrected chi connectivity index (χ1v) is 7.41. The second-order valence-corrected chi connectivity index (χ2v) is 5.74. The first-order valence-electron chi connectivity index (χ1n) is 7.41. The van der Waals surface area contributed by atoms with Gasteiger partial charge in [0, 0.05) is 24.9 Å². The molecule has 1 aliphatic heterocycles. The first-order chi connectivity index (χ1) is 9.33. The summed E-state index contributed by atoms with van der Waals surface area (Å²) in [6, 6.07) is 9.01. The Kier molecular flexibility index (Phi) is 3.83. The Labute approximate surface area is 114 Å². The van der Waals surface area contributed by atoms with Crippen LogP contribution in [0, 0.1) is 0 Å². The van der Waals surface area contributed by atoms with E-state index < -0.39 is 0 Å². The summed E-state index contributed by atoms with van der Waals surface area (Å²) in [5.41, 5.74) is 2.89. The fourth-order valence-corrected chi connectivity index (χ4v) is 3.32. The minimum atomic E-state index is 0.198. The molecular weight excluding hydrogens is 236 g/mol. The van der Waals surface area contributed by atoms with E-state index in [0.717, 1.165) is 25.9 Å². The van der Waals surface area contributed by atoms with Crippen molar-refractivity contribution in [1.29, 1.82) is 0 Å². The maximum Gasteiger partial charge on any atom is 0.221 e. The van der Waals surface area contributed by atoms with E-state index in [-0.39, 0.29) is 5.91 Å². The van der Waals surface area contributed by atoms with Crippen molar-refractivity contribution >= 4 is 5.91 Å². The summed E-state index contributed by atoms with van der Waals surface area (Å²) in [5.74, 6) is 0.709. The Hall–Kier alpha value is -1.35. The van der Waals surface area contributed by atoms with Gasteiger partial charge in [0.25, 0.3) is 0 Å². The molecule has 2 aliphatic rings. The van der Waals surface area contributed by atoms with Gasteiger partial charge in [0.05, 0.1) is 0 Å². The molecule has 1 aromatic carbocycles. The lowest BCUT2D eigenvalue weighted by Gasteiger charge is -2.14. The molecule has 1 saturated heterocycles. The standard InChI is InChI=1S/C16H22N2O/c19-16(10-14-5-3-9-17-14)18-11-13-8-7-12-4-1-2-6-15(12)13/h1-2,4,6,13-14,17H,3,5,7-11H2,(H,18,19). The molecule has 1 aromatic rings. The van der Waals surface area contributed by atoms with Crippen LogP contribution in [0.3, 0.4) is 0 Å². The smallest absolute Gasteiger partial charge is 0.221 e. The molecule has 3 nitrogen and oxygen atoms in total. The van der Waals surface area contributed by atoms with Gasteiger partial charge in [0.1, 0.15) is 0 Å². The van der Waals surface area contributed by atoms with Crippen LogP contribution in [0.2, 0.25) is 0 Å². The van der Waals surface area contributed by atoms with Crippen molar-refractivity contribution in [2.24, 2.45) is 0 Å². The number of fused-ring (bicyclic) bond motifs is 1. The van der Waals surface area contributed by atoms with Crippen LogP contribution in [0.15, 0.2) is 24.3 Å². The summed E-state index contributed by atoms with van der Waals surface area (Å²) >= 11 is 0. The zero-order valence-corrected chi connectivity index (χ0v) is 11.3. The zero-order chi connectivity index (χ0) is 13.1. The Morgan fingerprint density at radius 3 is 3.05 bits per heavy atom. The molecule has 0 aromatic heterocycles. The second-order valence-electron chi connectivity index (χ2n) is 5.74. The van der Waals surface area contributed by atoms with Gasteiger partial charge in [-0.15, -0.1) is 0 Å². The third-order valence-corrected chi connectivity index (χ3v) is 4.40. The summed E-state index contributed by atoms with van der Waals surface area (Å²) in [5, 5.41) is 6.48. The maximum absolute atomic E-state index is 11.9. The quantitative estimate of drug-likeness (QED) is 0.867. The molecular formula is C16H22N2O. The van der Waals surface area contributed by atoms with Crippen molar-refractivity contribution in [3.05, 3.63) is 35.4 Å². The van der Waals surface area contributed by atoms with Gasteiger partial charge in [-0.2, -0.15) is 0 Å². The van der Waals surface area contributed by atoms with Crippen LogP contribution in [-0.4, -0.2) is 25.0 Å². The maximum atomic E-state index is 11.9. The highest BCUT2D eigenvalue weighted by Gasteiger charge is 2.23. The van der Waals surface area contributed by atoms with E-state index in [1.54, 1.807) is 0 Å². The largest absolute Gasteiger partial charge is 0.355 e. The highest BCUT2D eigenvalue weighted by molar-refractivity contribution is 5.76. The number of benzene rings is 1. The molecule has 1 aliphatic carbocycles. The Bertz CT molecular complexity index is 452. The SMILES string of the molecule is O=C(CC1CCCN1)NCC1CCc2ccccc21. The van der Waals surface area contributed by atoms with Crippen molar-refractivity contribution < 1.29 is 4.79 Å². The fourth-order valence-electron chi connectivity index (χ4n) is 3.32. The average molecular weight is 258 g/mol. The predicted molar refractivity (Wildman–Crippen MR) is 76.2 cm³/mol. The van der Waals surface area contributed by atoms with E-state index in [9.17, 15) is 4.79 Å². The van der Waals surface area contributed by atoms with Gasteiger partial charge in [-0.25, -0.2) is 0 Å². The highest BCUT2D eigenvalue weighted by Crippen LogP contribution is 2.32. The molecule has 2 N–H and O–H groups in total. The minimum Gasteiger partial charge on any atom is -0.355 e. The average Bonchev–Trinajstić information content (AvgIpc) is 3.05. The molecule has 1 amide bonds. The van der Waals surface area contributed by atoms with Crippen molar-refractivity contribution in [2.45, 2.75) is 44.1 Å². The number of carbonyl (C=O) groups excluding carboxylic acids is 1. The van der Waals surface area contributed by atoms with Crippen molar-refractivity contribution in [3.63, 3.8) is 0 Å². The van der Waals surface area contributed by atoms with Crippen LogP contribution in [0.1, 0.15) is 42.7 Å². The first kappa shape index (κ1) is 12.7. The van der Waals surface area contributed by atoms with Gasteiger partial charge in [-0.1, -0.05) is 24.3 Å². The fraction of sp³-hybridized carbons (Fsp3) is 0.562. The summed E-state index contributed by atoms with van der Waals surface area (Å²) < 4.78 is 0. The summed E-state index contributed by atoms with van der Waals surface area (Å²) in [4.78, 5) is 11.9. The van der Waals surface area contributed by atoms with Gasteiger partial charge >= 0.3 is 0 Å². The molecule has 2 atom stereocenters. The van der Waals surface area contributed by atoms with E-state index in [4.69, 9.17) is 0 Å². The summed E-state index contributed by atoms with van der Waals surface area (Å²) in [7, 11) is 0. The van der Waals surface area contributed by atoms with Crippen LogP contribution < -0.4 is 10.6 Å². The molecule has 19 heavy (non-hydrogen) atoms. The van der Waals surface area contributed by atoms with E-state index in [1.807, 2.05) is 0 Å². The number of hydrogen-bond acceptors (Lipinski definition) is 2. The zero-order valence-electron chi connectivity index (χ0n) is 11.3. The molecule has 102 valence electrons. The second kappa shape index (κ2) is 5.74. The Balaban J connectivity index is 1.49. The van der Waals surface area contributed by atoms with Crippen molar-refractivity contribution in [1.82, 2.24) is 10.6 Å². The highest BCUT2D eigenvalue weighted by atomic mass is 16.1. The molecule has 2 unspecified atom stereocenters. The van der Waals surface area contributed by atoms with Crippen LogP contribution in [0.4, 0.5) is 0 Å². The number of amides is 1. The number of nitrogens with one attached hydrogen (secondary N) is 2.